The molecule has 0 aliphatic carbocycles. The van der Waals surface area contributed by atoms with E-state index >= 15 is 0 Å². The van der Waals surface area contributed by atoms with Crippen LogP contribution in [-0.2, 0) is 4.79 Å². The first-order valence-electron chi connectivity index (χ1n) is 5.89. The average Bonchev–Trinajstić information content (AvgIpc) is 2.35. The number of rotatable bonds is 6. The summed E-state index contributed by atoms with van der Waals surface area (Å²) in [6.07, 6.45) is 0.809. The van der Waals surface area contributed by atoms with E-state index in [-0.39, 0.29) is 29.9 Å². The van der Waals surface area contributed by atoms with E-state index in [4.69, 9.17) is 21.4 Å². The van der Waals surface area contributed by atoms with Crippen molar-refractivity contribution in [2.24, 2.45) is 0 Å². The standard InChI is InChI=1S/C13H16ClNO4/c1-3-8(2)15-12(16)7-19-11-6-9(14)4-5-10(11)13(17)18/h4-6,8H,3,7H2,1-2H3,(H,15,16)(H,17,18). The molecule has 0 aliphatic rings. The molecule has 1 atom stereocenters. The monoisotopic (exact) mass is 285 g/mol. The van der Waals surface area contributed by atoms with Crippen molar-refractivity contribution in [2.45, 2.75) is 26.3 Å². The third-order valence-electron chi connectivity index (χ3n) is 2.55. The highest BCUT2D eigenvalue weighted by Crippen LogP contribution is 2.23. The Morgan fingerprint density at radius 3 is 2.74 bits per heavy atom. The summed E-state index contributed by atoms with van der Waals surface area (Å²) in [5.74, 6) is -1.35. The Kier molecular flexibility index (Phi) is 5.63. The third kappa shape index (κ3) is 4.79. The second-order valence-electron chi connectivity index (χ2n) is 4.11. The van der Waals surface area contributed by atoms with Crippen LogP contribution < -0.4 is 10.1 Å². The molecule has 0 heterocycles. The lowest BCUT2D eigenvalue weighted by atomic mass is 10.2. The minimum Gasteiger partial charge on any atom is -0.483 e. The highest BCUT2D eigenvalue weighted by Gasteiger charge is 2.13. The second-order valence-corrected chi connectivity index (χ2v) is 4.55. The minimum absolute atomic E-state index is 0.0271. The summed E-state index contributed by atoms with van der Waals surface area (Å²) in [5.41, 5.74) is -0.0271. The van der Waals surface area contributed by atoms with Crippen molar-refractivity contribution >= 4 is 23.5 Å². The maximum Gasteiger partial charge on any atom is 0.339 e. The van der Waals surface area contributed by atoms with Gasteiger partial charge in [0.05, 0.1) is 0 Å². The first-order chi connectivity index (χ1) is 8.93. The van der Waals surface area contributed by atoms with Gasteiger partial charge < -0.3 is 15.2 Å². The second kappa shape index (κ2) is 6.99. The largest absolute Gasteiger partial charge is 0.483 e. The van der Waals surface area contributed by atoms with Crippen molar-refractivity contribution in [3.63, 3.8) is 0 Å². The molecular formula is C13H16ClNO4. The number of carbonyl (C=O) groups is 2. The number of hydrogen-bond acceptors (Lipinski definition) is 3. The zero-order valence-electron chi connectivity index (χ0n) is 10.8. The van der Waals surface area contributed by atoms with Crippen LogP contribution in [0.5, 0.6) is 5.75 Å². The van der Waals surface area contributed by atoms with E-state index in [0.717, 1.165) is 6.42 Å². The molecule has 2 N–H and O–H groups in total. The number of halogens is 1. The van der Waals surface area contributed by atoms with Crippen LogP contribution in [-0.4, -0.2) is 29.6 Å². The zero-order chi connectivity index (χ0) is 14.4. The highest BCUT2D eigenvalue weighted by molar-refractivity contribution is 6.30. The first kappa shape index (κ1) is 15.3. The quantitative estimate of drug-likeness (QED) is 0.841. The number of hydrogen-bond donors (Lipinski definition) is 2. The number of amides is 1. The van der Waals surface area contributed by atoms with E-state index in [1.165, 1.54) is 18.2 Å². The number of benzene rings is 1. The number of carbonyl (C=O) groups excluding carboxylic acids is 1. The molecule has 0 spiro atoms. The first-order valence-corrected chi connectivity index (χ1v) is 6.26. The Bertz CT molecular complexity index is 476. The lowest BCUT2D eigenvalue weighted by Gasteiger charge is -2.13. The Hall–Kier alpha value is -1.75. The predicted octanol–water partition coefficient (Wildman–Crippen LogP) is 2.33. The number of carboxylic acids is 1. The number of carboxylic acid groups (broad SMARTS) is 1. The van der Waals surface area contributed by atoms with Gasteiger partial charge in [-0.2, -0.15) is 0 Å². The van der Waals surface area contributed by atoms with Crippen LogP contribution >= 0.6 is 11.6 Å². The molecule has 0 aromatic heterocycles. The van der Waals surface area contributed by atoms with Crippen LogP contribution in [0.15, 0.2) is 18.2 Å². The fraction of sp³-hybridized carbons (Fsp3) is 0.385. The van der Waals surface area contributed by atoms with Crippen LogP contribution in [0, 0.1) is 0 Å². The van der Waals surface area contributed by atoms with E-state index in [1.54, 1.807) is 0 Å². The molecule has 0 saturated carbocycles. The summed E-state index contributed by atoms with van der Waals surface area (Å²) in [7, 11) is 0. The lowest BCUT2D eigenvalue weighted by Crippen LogP contribution is -2.35. The van der Waals surface area contributed by atoms with Gasteiger partial charge in [-0.05, 0) is 31.5 Å². The topological polar surface area (TPSA) is 75.6 Å². The smallest absolute Gasteiger partial charge is 0.339 e. The molecule has 104 valence electrons. The van der Waals surface area contributed by atoms with E-state index in [0.29, 0.717) is 5.02 Å². The van der Waals surface area contributed by atoms with Gasteiger partial charge in [-0.15, -0.1) is 0 Å². The number of nitrogens with one attached hydrogen (secondary N) is 1. The molecule has 5 nitrogen and oxygen atoms in total. The molecule has 1 amide bonds. The van der Waals surface area contributed by atoms with Crippen LogP contribution in [0.1, 0.15) is 30.6 Å². The van der Waals surface area contributed by atoms with Crippen LogP contribution in [0.4, 0.5) is 0 Å². The van der Waals surface area contributed by atoms with Crippen LogP contribution in [0.25, 0.3) is 0 Å². The highest BCUT2D eigenvalue weighted by atomic mass is 35.5. The minimum atomic E-state index is -1.13. The molecular weight excluding hydrogens is 270 g/mol. The Morgan fingerprint density at radius 1 is 1.47 bits per heavy atom. The molecule has 19 heavy (non-hydrogen) atoms. The van der Waals surface area contributed by atoms with Gasteiger partial charge >= 0.3 is 5.97 Å². The summed E-state index contributed by atoms with van der Waals surface area (Å²) in [6.45, 7) is 3.58. The van der Waals surface area contributed by atoms with Gasteiger partial charge in [-0.3, -0.25) is 4.79 Å². The molecule has 0 saturated heterocycles. The van der Waals surface area contributed by atoms with E-state index < -0.39 is 5.97 Å². The molecule has 0 bridgehead atoms. The summed E-state index contributed by atoms with van der Waals surface area (Å²) >= 11 is 5.77. The van der Waals surface area contributed by atoms with Crippen molar-refractivity contribution in [3.8, 4) is 5.75 Å². The summed E-state index contributed by atoms with van der Waals surface area (Å²) in [6, 6.07) is 4.22. The van der Waals surface area contributed by atoms with Crippen molar-refractivity contribution < 1.29 is 19.4 Å². The Morgan fingerprint density at radius 2 is 2.16 bits per heavy atom. The van der Waals surface area contributed by atoms with E-state index in [9.17, 15) is 9.59 Å². The molecule has 1 rings (SSSR count). The SMILES string of the molecule is CCC(C)NC(=O)COc1cc(Cl)ccc1C(=O)O. The summed E-state index contributed by atoms with van der Waals surface area (Å²) in [4.78, 5) is 22.5. The van der Waals surface area contributed by atoms with Gasteiger partial charge in [-0.25, -0.2) is 4.79 Å². The fourth-order valence-electron chi connectivity index (χ4n) is 1.35. The molecule has 1 aromatic carbocycles. The van der Waals surface area contributed by atoms with Gasteiger partial charge in [0.25, 0.3) is 5.91 Å². The summed E-state index contributed by atoms with van der Waals surface area (Å²) < 4.78 is 5.21. The van der Waals surface area contributed by atoms with Crippen molar-refractivity contribution in [2.75, 3.05) is 6.61 Å². The van der Waals surface area contributed by atoms with Gasteiger partial charge in [0, 0.05) is 11.1 Å². The average molecular weight is 286 g/mol. The van der Waals surface area contributed by atoms with Gasteiger partial charge in [0.15, 0.2) is 6.61 Å². The molecule has 0 aliphatic heterocycles. The predicted molar refractivity (Wildman–Crippen MR) is 71.8 cm³/mol. The Labute approximate surface area is 116 Å². The normalized spacial score (nSPS) is 11.7. The molecule has 0 fully saturated rings. The molecule has 1 aromatic rings. The third-order valence-corrected chi connectivity index (χ3v) is 2.79. The van der Waals surface area contributed by atoms with E-state index in [2.05, 4.69) is 5.32 Å². The Balaban J connectivity index is 2.69. The van der Waals surface area contributed by atoms with Crippen LogP contribution in [0.2, 0.25) is 5.02 Å². The fourth-order valence-corrected chi connectivity index (χ4v) is 1.52. The van der Waals surface area contributed by atoms with Crippen molar-refractivity contribution in [3.05, 3.63) is 28.8 Å². The number of aromatic carboxylic acids is 1. The lowest BCUT2D eigenvalue weighted by molar-refractivity contribution is -0.123. The van der Waals surface area contributed by atoms with Gasteiger partial charge in [0.2, 0.25) is 0 Å². The van der Waals surface area contributed by atoms with Crippen molar-refractivity contribution in [1.82, 2.24) is 5.32 Å². The number of ether oxygens (including phenoxy) is 1. The van der Waals surface area contributed by atoms with Gasteiger partial charge in [-0.1, -0.05) is 18.5 Å². The maximum atomic E-state index is 11.5. The molecule has 6 heteroatoms. The maximum absolute atomic E-state index is 11.5. The van der Waals surface area contributed by atoms with Crippen LogP contribution in [0.3, 0.4) is 0 Å². The van der Waals surface area contributed by atoms with E-state index in [1.807, 2.05) is 13.8 Å². The van der Waals surface area contributed by atoms with Crippen molar-refractivity contribution in [1.29, 1.82) is 0 Å². The molecule has 0 radical (unpaired) electrons. The zero-order valence-corrected chi connectivity index (χ0v) is 11.5. The summed E-state index contributed by atoms with van der Waals surface area (Å²) in [5, 5.41) is 12.0. The van der Waals surface area contributed by atoms with Gasteiger partial charge in [0.1, 0.15) is 11.3 Å². The molecule has 1 unspecified atom stereocenters.